The number of phosphoric acid groups is 1. The van der Waals surface area contributed by atoms with Gasteiger partial charge in [0, 0.05) is 0 Å². The number of hydrogen-bond acceptors (Lipinski definition) is 4. The van der Waals surface area contributed by atoms with Crippen LogP contribution in [0.2, 0.25) is 0 Å². The molecule has 0 amide bonds. The third kappa shape index (κ3) is 30.6. The van der Waals surface area contributed by atoms with E-state index in [1.165, 1.54) is 205 Å². The minimum atomic E-state index is -3.72. The Kier molecular flexibility index (Phi) is 39.4. The molecule has 0 rings (SSSR count). The number of rotatable bonds is 46. The summed E-state index contributed by atoms with van der Waals surface area (Å²) in [6.07, 6.45) is 50.0. The van der Waals surface area contributed by atoms with Crippen molar-refractivity contribution in [3.8, 4) is 0 Å². The third-order valence-corrected chi connectivity index (χ3v) is 21.6. The van der Waals surface area contributed by atoms with Crippen LogP contribution in [0.25, 0.3) is 0 Å². The Morgan fingerprint density at radius 3 is 0.759 bits per heavy atom. The van der Waals surface area contributed by atoms with E-state index in [9.17, 15) is 0 Å². The van der Waals surface area contributed by atoms with Crippen molar-refractivity contribution in [1.82, 2.24) is 0 Å². The summed E-state index contributed by atoms with van der Waals surface area (Å²) in [7, 11) is -3.72. The molecular formula is C48H102O4P2. The Morgan fingerprint density at radius 1 is 0.296 bits per heavy atom. The molecule has 0 N–H and O–H groups in total. The molecule has 0 bridgehead atoms. The third-order valence-electron chi connectivity index (χ3n) is 12.1. The van der Waals surface area contributed by atoms with E-state index in [0.29, 0.717) is 13.2 Å². The molecule has 4 nitrogen and oxygen atoms in total. The maximum atomic E-state index is 15.3. The summed E-state index contributed by atoms with van der Waals surface area (Å²) in [5.41, 5.74) is 0. The Balaban J connectivity index is 6.25. The van der Waals surface area contributed by atoms with Crippen molar-refractivity contribution in [3.05, 3.63) is 0 Å². The summed E-state index contributed by atoms with van der Waals surface area (Å²) < 4.78 is 35.8. The predicted molar refractivity (Wildman–Crippen MR) is 247 cm³/mol. The number of phosphoric ester groups is 1. The van der Waals surface area contributed by atoms with Crippen LogP contribution in [0.15, 0.2) is 0 Å². The van der Waals surface area contributed by atoms with Crippen LogP contribution in [0.4, 0.5) is 0 Å². The van der Waals surface area contributed by atoms with Crippen LogP contribution < -0.4 is 0 Å². The van der Waals surface area contributed by atoms with Gasteiger partial charge in [0.2, 0.25) is 0 Å². The fourth-order valence-electron chi connectivity index (χ4n) is 8.49. The Bertz CT molecular complexity index is 750. The van der Waals surface area contributed by atoms with Gasteiger partial charge in [-0.15, -0.1) is 0 Å². The normalized spacial score (nSPS) is 13.1. The van der Waals surface area contributed by atoms with E-state index >= 15 is 4.57 Å². The first-order valence-corrected chi connectivity index (χ1v) is 29.4. The standard InChI is InChI=1S/C48H102O4P2/c1-7-13-19-25-28-29-30-31-32-33-36-42-48-54(45-39-22-16-10-4,46-40-23-17-11-5,47-41-24-18-12-6)52-53(49,50-43-37-34-26-20-14-8-2)51-44-38-35-27-21-15-9-3/h7-48H2,1-6H3. The number of hydrogen-bond donors (Lipinski definition) is 0. The zero-order valence-corrected chi connectivity index (χ0v) is 40.0. The van der Waals surface area contributed by atoms with Gasteiger partial charge in [0.1, 0.15) is 0 Å². The molecule has 0 heterocycles. The molecule has 0 saturated heterocycles. The van der Waals surface area contributed by atoms with E-state index in [0.717, 1.165) is 50.3 Å². The number of unbranched alkanes of at least 4 members (excludes halogenated alkanes) is 30. The molecular weight excluding hydrogens is 702 g/mol. The maximum absolute atomic E-state index is 15.3. The van der Waals surface area contributed by atoms with Gasteiger partial charge in [0.25, 0.3) is 0 Å². The van der Waals surface area contributed by atoms with E-state index in [1.807, 2.05) is 0 Å². The van der Waals surface area contributed by atoms with E-state index in [2.05, 4.69) is 41.5 Å². The summed E-state index contributed by atoms with van der Waals surface area (Å²) in [4.78, 5) is 0. The van der Waals surface area contributed by atoms with Gasteiger partial charge in [-0.1, -0.05) is 13.3 Å². The van der Waals surface area contributed by atoms with Crippen LogP contribution in [0.5, 0.6) is 0 Å². The van der Waals surface area contributed by atoms with E-state index < -0.39 is 14.7 Å². The average molecular weight is 805 g/mol. The van der Waals surface area contributed by atoms with Gasteiger partial charge < -0.3 is 0 Å². The molecule has 54 heavy (non-hydrogen) atoms. The minimum absolute atomic E-state index is 0.493. The first-order chi connectivity index (χ1) is 26.4. The Morgan fingerprint density at radius 2 is 0.500 bits per heavy atom. The first kappa shape index (κ1) is 54.5. The molecule has 0 aromatic rings. The molecule has 0 aliphatic rings. The Hall–Kier alpha value is 0.540. The van der Waals surface area contributed by atoms with Crippen LogP contribution in [0, 0.1) is 0 Å². The van der Waals surface area contributed by atoms with Crippen LogP contribution in [-0.4, -0.2) is 37.9 Å². The van der Waals surface area contributed by atoms with Crippen molar-refractivity contribution in [3.63, 3.8) is 0 Å². The molecule has 6 heteroatoms. The van der Waals surface area contributed by atoms with Gasteiger partial charge in [-0.2, -0.15) is 0 Å². The van der Waals surface area contributed by atoms with Gasteiger partial charge in [-0.3, -0.25) is 0 Å². The molecule has 0 fully saturated rings. The van der Waals surface area contributed by atoms with Gasteiger partial charge in [-0.25, -0.2) is 0 Å². The molecule has 0 atom stereocenters. The van der Waals surface area contributed by atoms with Crippen LogP contribution in [0.3, 0.4) is 0 Å². The van der Waals surface area contributed by atoms with Crippen molar-refractivity contribution in [1.29, 1.82) is 0 Å². The summed E-state index contributed by atoms with van der Waals surface area (Å²) in [6, 6.07) is 0. The zero-order valence-electron chi connectivity index (χ0n) is 38.2. The van der Waals surface area contributed by atoms with E-state index in [-0.39, 0.29) is 0 Å². The summed E-state index contributed by atoms with van der Waals surface area (Å²) in [5.74, 6) is 0. The zero-order chi connectivity index (χ0) is 39.8. The molecule has 0 aromatic carbocycles. The van der Waals surface area contributed by atoms with Crippen molar-refractivity contribution in [2.75, 3.05) is 37.9 Å². The van der Waals surface area contributed by atoms with E-state index in [1.54, 1.807) is 0 Å². The van der Waals surface area contributed by atoms with Gasteiger partial charge in [0.15, 0.2) is 0 Å². The predicted octanol–water partition coefficient (Wildman–Crippen LogP) is 18.8. The van der Waals surface area contributed by atoms with Crippen molar-refractivity contribution < 1.29 is 17.9 Å². The molecule has 328 valence electrons. The molecule has 0 radical (unpaired) electrons. The summed E-state index contributed by atoms with van der Waals surface area (Å²) in [6.45, 7) is 11.9. The molecule has 0 aliphatic carbocycles. The monoisotopic (exact) mass is 805 g/mol. The first-order valence-electron chi connectivity index (χ1n) is 25.0. The molecule has 0 unspecified atom stereocenters. The average Bonchev–Trinajstić information content (AvgIpc) is 3.17. The quantitative estimate of drug-likeness (QED) is 0.0454. The fourth-order valence-corrected chi connectivity index (χ4v) is 18.6. The summed E-state index contributed by atoms with van der Waals surface area (Å²) >= 11 is 0. The van der Waals surface area contributed by atoms with E-state index in [4.69, 9.17) is 13.4 Å². The van der Waals surface area contributed by atoms with Crippen molar-refractivity contribution >= 4 is 14.7 Å². The van der Waals surface area contributed by atoms with Crippen LogP contribution in [-0.2, 0) is 17.9 Å². The second kappa shape index (κ2) is 39.0. The molecule has 0 aliphatic heterocycles. The molecule has 0 aromatic heterocycles. The van der Waals surface area contributed by atoms with Crippen molar-refractivity contribution in [2.24, 2.45) is 0 Å². The summed E-state index contributed by atoms with van der Waals surface area (Å²) in [5, 5.41) is 0. The second-order valence-electron chi connectivity index (χ2n) is 17.6. The van der Waals surface area contributed by atoms with Crippen molar-refractivity contribution in [2.45, 2.75) is 273 Å². The van der Waals surface area contributed by atoms with Crippen LogP contribution >= 0.6 is 14.7 Å². The molecule has 0 saturated carbocycles. The van der Waals surface area contributed by atoms with Gasteiger partial charge in [0.05, 0.1) is 0 Å². The SMILES string of the molecule is CCCCCCCCCCCCCCP(CCCCCC)(CCCCCC)(CCCCCC)OP(=O)(OCCCCCCCC)OCCCCCCCC. The molecule has 0 spiro atoms. The Labute approximate surface area is 342 Å². The fraction of sp³-hybridized carbons (Fsp3) is 1.00. The van der Waals surface area contributed by atoms with Gasteiger partial charge >= 0.3 is 330 Å². The van der Waals surface area contributed by atoms with Crippen LogP contribution in [0.1, 0.15) is 273 Å². The second-order valence-corrected chi connectivity index (χ2v) is 25.1. The van der Waals surface area contributed by atoms with Gasteiger partial charge in [-0.05, 0) is 0 Å². The topological polar surface area (TPSA) is 44.8 Å².